The monoisotopic (exact) mass is 447 g/mol. The Balaban J connectivity index is 0.00000676. The number of ether oxygens (including phenoxy) is 1. The summed E-state index contributed by atoms with van der Waals surface area (Å²) < 4.78 is 184. The van der Waals surface area contributed by atoms with Crippen LogP contribution in [-0.4, -0.2) is 53.1 Å². The largest absolute Gasteiger partial charge is 1.00 e. The minimum Gasteiger partial charge on any atom is -0.544 e. The van der Waals surface area contributed by atoms with Gasteiger partial charge in [-0.25, -0.2) is 9.13 Å². The molecule has 4 nitrogen and oxygen atoms in total. The summed E-state index contributed by atoms with van der Waals surface area (Å²) in [6.07, 6.45) is -22.1. The van der Waals surface area contributed by atoms with Crippen LogP contribution in [0.2, 0.25) is 0 Å². The Hall–Kier alpha value is -0.590. The number of alkyl halides is 14. The van der Waals surface area contributed by atoms with Gasteiger partial charge in [0.2, 0.25) is 0 Å². The van der Waals surface area contributed by atoms with E-state index in [0.717, 1.165) is 0 Å². The molecule has 0 amide bonds. The fourth-order valence-electron chi connectivity index (χ4n) is 1.69. The van der Waals surface area contributed by atoms with Crippen molar-refractivity contribution in [3.8, 4) is 0 Å². The van der Waals surface area contributed by atoms with Gasteiger partial charge < -0.3 is 9.90 Å². The first-order chi connectivity index (χ1) is 11.0. The van der Waals surface area contributed by atoms with E-state index < -0.39 is 53.1 Å². The molecule has 27 heavy (non-hydrogen) atoms. The van der Waals surface area contributed by atoms with Crippen molar-refractivity contribution in [2.24, 2.45) is 0 Å². The predicted molar refractivity (Wildman–Crippen MR) is 42.6 cm³/mol. The van der Waals surface area contributed by atoms with Crippen molar-refractivity contribution in [3.63, 3.8) is 0 Å². The molecular formula is C8F14NNaO3. The van der Waals surface area contributed by atoms with E-state index in [2.05, 4.69) is 0 Å². The maximum atomic E-state index is 13.8. The van der Waals surface area contributed by atoms with Crippen LogP contribution in [0.25, 0.3) is 0 Å². The van der Waals surface area contributed by atoms with Crippen molar-refractivity contribution < 1.29 is 106 Å². The van der Waals surface area contributed by atoms with Crippen molar-refractivity contribution in [1.82, 2.24) is 4.90 Å². The molecule has 1 aliphatic rings. The van der Waals surface area contributed by atoms with Crippen molar-refractivity contribution in [1.29, 1.82) is 0 Å². The number of carboxylic acids is 1. The Morgan fingerprint density at radius 1 is 0.778 bits per heavy atom. The zero-order valence-electron chi connectivity index (χ0n) is 12.0. The van der Waals surface area contributed by atoms with Gasteiger partial charge in [-0.15, -0.1) is 4.90 Å². The number of morpholine rings is 1. The van der Waals surface area contributed by atoms with E-state index >= 15 is 0 Å². The van der Waals surface area contributed by atoms with Gasteiger partial charge in [0.25, 0.3) is 0 Å². The van der Waals surface area contributed by atoms with Crippen LogP contribution >= 0.6 is 0 Å². The average molecular weight is 447 g/mol. The van der Waals surface area contributed by atoms with Gasteiger partial charge in [-0.3, -0.25) is 0 Å². The molecule has 1 aliphatic heterocycles. The van der Waals surface area contributed by atoms with Crippen LogP contribution in [0.1, 0.15) is 0 Å². The molecule has 19 heteroatoms. The molecular weight excluding hydrogens is 447 g/mol. The van der Waals surface area contributed by atoms with Gasteiger partial charge in [-0.1, -0.05) is 0 Å². The van der Waals surface area contributed by atoms with E-state index in [1.165, 1.54) is 0 Å². The number of carbonyl (C=O) groups is 1. The molecule has 0 saturated carbocycles. The molecule has 0 bridgehead atoms. The summed E-state index contributed by atoms with van der Waals surface area (Å²) in [6.45, 7) is 0. The third-order valence-corrected chi connectivity index (χ3v) is 2.87. The third kappa shape index (κ3) is 3.25. The molecule has 154 valence electrons. The SMILES string of the molecule is O=C([O-])C(F)(F)C(F)(N1C(F)(F)C(F)(F)OC(F)(F)C1(F)F)C(F)(F)F.[Na+]. The van der Waals surface area contributed by atoms with E-state index in [1.54, 1.807) is 4.74 Å². The second-order valence-corrected chi connectivity index (χ2v) is 4.54. The number of carbonyl (C=O) groups excluding carboxylic acids is 1. The zero-order chi connectivity index (χ0) is 21.4. The van der Waals surface area contributed by atoms with E-state index in [4.69, 9.17) is 0 Å². The summed E-state index contributed by atoms with van der Waals surface area (Å²) in [6, 6.07) is -15.1. The fourth-order valence-corrected chi connectivity index (χ4v) is 1.69. The Labute approximate surface area is 159 Å². The van der Waals surface area contributed by atoms with Crippen LogP contribution in [-0.2, 0) is 9.53 Å². The second-order valence-electron chi connectivity index (χ2n) is 4.54. The van der Waals surface area contributed by atoms with E-state index in [9.17, 15) is 71.4 Å². The number of halogens is 14. The number of carboxylic acid groups (broad SMARTS) is 1. The Morgan fingerprint density at radius 3 is 1.30 bits per heavy atom. The number of hydrogen-bond acceptors (Lipinski definition) is 4. The molecule has 1 saturated heterocycles. The maximum absolute atomic E-state index is 13.8. The number of nitrogens with zero attached hydrogens (tertiary/aromatic N) is 1. The molecule has 1 heterocycles. The van der Waals surface area contributed by atoms with Gasteiger partial charge in [-0.2, -0.15) is 57.1 Å². The zero-order valence-corrected chi connectivity index (χ0v) is 14.0. The predicted octanol–water partition coefficient (Wildman–Crippen LogP) is -0.693. The Kier molecular flexibility index (Phi) is 6.32. The summed E-state index contributed by atoms with van der Waals surface area (Å²) in [5, 5.41) is 9.98. The topological polar surface area (TPSA) is 52.6 Å². The summed E-state index contributed by atoms with van der Waals surface area (Å²) in [4.78, 5) is 5.69. The van der Waals surface area contributed by atoms with Gasteiger partial charge in [-0.05, 0) is 0 Å². The number of rotatable bonds is 3. The quantitative estimate of drug-likeness (QED) is 0.327. The first-order valence-electron chi connectivity index (χ1n) is 5.38. The average Bonchev–Trinajstić information content (AvgIpc) is 2.33. The van der Waals surface area contributed by atoms with Crippen LogP contribution < -0.4 is 34.7 Å². The number of hydrogen-bond donors (Lipinski definition) is 0. The summed E-state index contributed by atoms with van der Waals surface area (Å²) in [5.74, 6) is -20.1. The molecule has 1 rings (SSSR count). The smallest absolute Gasteiger partial charge is 0.544 e. The standard InChI is InChI=1S/C8HF14NO3.Na/c9-2(10,1(24)25)3(11,4(12,13)14)23-5(15,16)7(19,20)26-8(21,22)6(23,17)18;/h(H,24,25);/q;+1/p-1. The molecule has 0 spiro atoms. The Bertz CT molecular complexity index is 580. The third-order valence-electron chi connectivity index (χ3n) is 2.87. The van der Waals surface area contributed by atoms with Gasteiger partial charge >= 0.3 is 71.8 Å². The van der Waals surface area contributed by atoms with E-state index in [0.29, 0.717) is 0 Å². The first-order valence-corrected chi connectivity index (χ1v) is 5.38. The van der Waals surface area contributed by atoms with Crippen LogP contribution in [0.5, 0.6) is 0 Å². The van der Waals surface area contributed by atoms with Crippen LogP contribution in [0.3, 0.4) is 0 Å². The fraction of sp³-hybridized carbons (Fsp3) is 0.875. The molecule has 0 N–H and O–H groups in total. The number of aliphatic carboxylic acids is 1. The van der Waals surface area contributed by atoms with Crippen molar-refractivity contribution in [3.05, 3.63) is 0 Å². The molecule has 1 atom stereocenters. The molecule has 0 aromatic carbocycles. The second kappa shape index (κ2) is 6.46. The van der Waals surface area contributed by atoms with Crippen molar-refractivity contribution in [2.45, 2.75) is 42.2 Å². The molecule has 0 aromatic rings. The van der Waals surface area contributed by atoms with Gasteiger partial charge in [0, 0.05) is 0 Å². The van der Waals surface area contributed by atoms with Crippen LogP contribution in [0.4, 0.5) is 61.5 Å². The summed E-state index contributed by atoms with van der Waals surface area (Å²) >= 11 is 0. The molecule has 1 fully saturated rings. The van der Waals surface area contributed by atoms with E-state index in [1.807, 2.05) is 0 Å². The van der Waals surface area contributed by atoms with E-state index in [-0.39, 0.29) is 29.6 Å². The molecule has 0 aliphatic carbocycles. The van der Waals surface area contributed by atoms with Crippen LogP contribution in [0.15, 0.2) is 0 Å². The van der Waals surface area contributed by atoms with Crippen LogP contribution in [0, 0.1) is 0 Å². The van der Waals surface area contributed by atoms with Gasteiger partial charge in [0.05, 0.1) is 0 Å². The molecule has 1 unspecified atom stereocenters. The first kappa shape index (κ1) is 26.4. The minimum absolute atomic E-state index is 0. The van der Waals surface area contributed by atoms with Crippen molar-refractivity contribution >= 4 is 5.97 Å². The normalized spacial score (nSPS) is 26.6. The maximum Gasteiger partial charge on any atom is 1.00 e. The summed E-state index contributed by atoms with van der Waals surface area (Å²) in [5.41, 5.74) is 0. The van der Waals surface area contributed by atoms with Crippen molar-refractivity contribution in [2.75, 3.05) is 0 Å². The Morgan fingerprint density at radius 2 is 1.07 bits per heavy atom. The van der Waals surface area contributed by atoms with Gasteiger partial charge in [0.15, 0.2) is 0 Å². The minimum atomic E-state index is -8.00. The summed E-state index contributed by atoms with van der Waals surface area (Å²) in [7, 11) is 0. The van der Waals surface area contributed by atoms with Gasteiger partial charge in [0.1, 0.15) is 5.97 Å². The molecule has 0 radical (unpaired) electrons. The molecule has 0 aromatic heterocycles.